The molecule has 0 aliphatic heterocycles. The zero-order valence-electron chi connectivity index (χ0n) is 11.5. The molecule has 2 aromatic heterocycles. The van der Waals surface area contributed by atoms with Crippen LogP contribution in [0.15, 0.2) is 33.6 Å². The van der Waals surface area contributed by atoms with Crippen LogP contribution in [0.5, 0.6) is 0 Å². The van der Waals surface area contributed by atoms with Crippen molar-refractivity contribution in [3.05, 3.63) is 44.7 Å². The fourth-order valence-electron chi connectivity index (χ4n) is 2.22. The summed E-state index contributed by atoms with van der Waals surface area (Å²) in [6.07, 6.45) is 4.49. The summed E-state index contributed by atoms with van der Waals surface area (Å²) in [5, 5.41) is 7.88. The van der Waals surface area contributed by atoms with E-state index in [-0.39, 0.29) is 0 Å². The fraction of sp³-hybridized carbons (Fsp3) is 0.400. The van der Waals surface area contributed by atoms with E-state index in [2.05, 4.69) is 61.1 Å². The predicted octanol–water partition coefficient (Wildman–Crippen LogP) is 3.79. The SMILES string of the molecule is CN(Cc1ccsc1)c1ncc(Br)cc1CNC1CC1. The lowest BCUT2D eigenvalue weighted by Gasteiger charge is -2.21. The lowest BCUT2D eigenvalue weighted by molar-refractivity contribution is 0.682. The number of halogens is 1. The smallest absolute Gasteiger partial charge is 0.133 e. The molecule has 0 atom stereocenters. The van der Waals surface area contributed by atoms with Gasteiger partial charge in [0.15, 0.2) is 0 Å². The Morgan fingerprint density at radius 2 is 2.35 bits per heavy atom. The van der Waals surface area contributed by atoms with Gasteiger partial charge in [-0.15, -0.1) is 0 Å². The molecule has 0 spiro atoms. The van der Waals surface area contributed by atoms with Crippen molar-refractivity contribution in [3.8, 4) is 0 Å². The first-order valence-corrected chi connectivity index (χ1v) is 8.56. The number of nitrogens with one attached hydrogen (secondary N) is 1. The topological polar surface area (TPSA) is 28.2 Å². The van der Waals surface area contributed by atoms with Gasteiger partial charge in [0, 0.05) is 42.4 Å². The van der Waals surface area contributed by atoms with Gasteiger partial charge in [0.1, 0.15) is 5.82 Å². The maximum absolute atomic E-state index is 4.60. The van der Waals surface area contributed by atoms with Crippen molar-refractivity contribution >= 4 is 33.1 Å². The zero-order valence-corrected chi connectivity index (χ0v) is 13.9. The van der Waals surface area contributed by atoms with Crippen LogP contribution in [0.25, 0.3) is 0 Å². The fourth-order valence-corrected chi connectivity index (χ4v) is 3.26. The van der Waals surface area contributed by atoms with Gasteiger partial charge in [0.25, 0.3) is 0 Å². The first-order valence-electron chi connectivity index (χ1n) is 6.82. The van der Waals surface area contributed by atoms with E-state index in [0.717, 1.165) is 23.4 Å². The van der Waals surface area contributed by atoms with E-state index in [9.17, 15) is 0 Å². The maximum atomic E-state index is 4.60. The number of rotatable bonds is 6. The average Bonchev–Trinajstić information content (AvgIpc) is 3.13. The number of pyridine rings is 1. The Hall–Kier alpha value is -0.910. The molecule has 20 heavy (non-hydrogen) atoms. The predicted molar refractivity (Wildman–Crippen MR) is 88.2 cm³/mol. The molecule has 5 heteroatoms. The zero-order chi connectivity index (χ0) is 13.9. The summed E-state index contributed by atoms with van der Waals surface area (Å²) in [4.78, 5) is 6.82. The van der Waals surface area contributed by atoms with Crippen molar-refractivity contribution in [2.45, 2.75) is 32.0 Å². The highest BCUT2D eigenvalue weighted by Gasteiger charge is 2.21. The van der Waals surface area contributed by atoms with Gasteiger partial charge in [-0.2, -0.15) is 11.3 Å². The quantitative estimate of drug-likeness (QED) is 0.857. The molecule has 1 aliphatic carbocycles. The first-order chi connectivity index (χ1) is 9.72. The van der Waals surface area contributed by atoms with Gasteiger partial charge in [0.05, 0.1) is 0 Å². The molecular formula is C15H18BrN3S. The normalized spacial score (nSPS) is 14.5. The van der Waals surface area contributed by atoms with Crippen LogP contribution in [0.3, 0.4) is 0 Å². The Bertz CT molecular complexity index is 567. The molecule has 3 nitrogen and oxygen atoms in total. The molecule has 0 amide bonds. The standard InChI is InChI=1S/C15H18BrN3S/c1-19(9-11-4-5-20-10-11)15-12(6-13(16)8-18-15)7-17-14-2-3-14/h4-6,8,10,14,17H,2-3,7,9H2,1H3. The molecule has 3 rings (SSSR count). The highest BCUT2D eigenvalue weighted by Crippen LogP contribution is 2.25. The molecule has 1 N–H and O–H groups in total. The molecule has 2 heterocycles. The lowest BCUT2D eigenvalue weighted by Crippen LogP contribution is -2.22. The average molecular weight is 352 g/mol. The molecule has 0 unspecified atom stereocenters. The van der Waals surface area contributed by atoms with Crippen LogP contribution < -0.4 is 10.2 Å². The minimum Gasteiger partial charge on any atom is -0.355 e. The minimum atomic E-state index is 0.712. The number of nitrogens with zero attached hydrogens (tertiary/aromatic N) is 2. The van der Waals surface area contributed by atoms with Gasteiger partial charge in [-0.05, 0) is 57.2 Å². The number of hydrogen-bond donors (Lipinski definition) is 1. The van der Waals surface area contributed by atoms with Crippen molar-refractivity contribution < 1.29 is 0 Å². The molecule has 0 saturated heterocycles. The Labute approximate surface area is 132 Å². The second-order valence-electron chi connectivity index (χ2n) is 5.28. The van der Waals surface area contributed by atoms with Crippen LogP contribution in [0, 0.1) is 0 Å². The van der Waals surface area contributed by atoms with Crippen LogP contribution in [0.1, 0.15) is 24.0 Å². The number of aromatic nitrogens is 1. The molecule has 1 saturated carbocycles. The maximum Gasteiger partial charge on any atom is 0.133 e. The highest BCUT2D eigenvalue weighted by atomic mass is 79.9. The summed E-state index contributed by atoms with van der Waals surface area (Å²) in [6.45, 7) is 1.79. The van der Waals surface area contributed by atoms with Crippen LogP contribution in [-0.4, -0.2) is 18.1 Å². The van der Waals surface area contributed by atoms with E-state index in [0.29, 0.717) is 6.04 Å². The van der Waals surface area contributed by atoms with Gasteiger partial charge in [-0.3, -0.25) is 0 Å². The summed E-state index contributed by atoms with van der Waals surface area (Å²) in [5.74, 6) is 1.06. The van der Waals surface area contributed by atoms with Crippen LogP contribution >= 0.6 is 27.3 Å². The second-order valence-corrected chi connectivity index (χ2v) is 6.97. The molecule has 0 bridgehead atoms. The second kappa shape index (κ2) is 6.24. The minimum absolute atomic E-state index is 0.712. The number of thiophene rings is 1. The van der Waals surface area contributed by atoms with Crippen LogP contribution in [-0.2, 0) is 13.1 Å². The van der Waals surface area contributed by atoms with Gasteiger partial charge in [0.2, 0.25) is 0 Å². The third kappa shape index (κ3) is 3.59. The van der Waals surface area contributed by atoms with Crippen molar-refractivity contribution in [2.24, 2.45) is 0 Å². The van der Waals surface area contributed by atoms with E-state index in [1.165, 1.54) is 24.0 Å². The molecule has 2 aromatic rings. The molecule has 0 radical (unpaired) electrons. The lowest BCUT2D eigenvalue weighted by atomic mass is 10.2. The van der Waals surface area contributed by atoms with Crippen LogP contribution in [0.4, 0.5) is 5.82 Å². The Kier molecular flexibility index (Phi) is 4.38. The van der Waals surface area contributed by atoms with Crippen molar-refractivity contribution in [1.82, 2.24) is 10.3 Å². The van der Waals surface area contributed by atoms with Crippen molar-refractivity contribution in [1.29, 1.82) is 0 Å². The van der Waals surface area contributed by atoms with E-state index in [1.807, 2.05) is 6.20 Å². The molecule has 0 aromatic carbocycles. The van der Waals surface area contributed by atoms with E-state index >= 15 is 0 Å². The Morgan fingerprint density at radius 1 is 1.50 bits per heavy atom. The largest absolute Gasteiger partial charge is 0.355 e. The van der Waals surface area contributed by atoms with E-state index < -0.39 is 0 Å². The summed E-state index contributed by atoms with van der Waals surface area (Å²) in [6, 6.07) is 5.05. The van der Waals surface area contributed by atoms with Gasteiger partial charge < -0.3 is 10.2 Å². The van der Waals surface area contributed by atoms with Crippen molar-refractivity contribution in [2.75, 3.05) is 11.9 Å². The van der Waals surface area contributed by atoms with Gasteiger partial charge in [-0.1, -0.05) is 0 Å². The monoisotopic (exact) mass is 351 g/mol. The molecule has 1 aliphatic rings. The highest BCUT2D eigenvalue weighted by molar-refractivity contribution is 9.10. The number of anilines is 1. The summed E-state index contributed by atoms with van der Waals surface area (Å²) in [7, 11) is 2.11. The van der Waals surface area contributed by atoms with E-state index in [1.54, 1.807) is 11.3 Å². The Morgan fingerprint density at radius 3 is 3.05 bits per heavy atom. The van der Waals surface area contributed by atoms with Crippen LogP contribution in [0.2, 0.25) is 0 Å². The van der Waals surface area contributed by atoms with Gasteiger partial charge in [-0.25, -0.2) is 4.98 Å². The first kappa shape index (κ1) is 14.0. The summed E-state index contributed by atoms with van der Waals surface area (Å²) < 4.78 is 1.04. The van der Waals surface area contributed by atoms with Crippen molar-refractivity contribution in [3.63, 3.8) is 0 Å². The number of hydrogen-bond acceptors (Lipinski definition) is 4. The molecular weight excluding hydrogens is 334 g/mol. The Balaban J connectivity index is 1.75. The summed E-state index contributed by atoms with van der Waals surface area (Å²) >= 11 is 5.26. The van der Waals surface area contributed by atoms with E-state index in [4.69, 9.17) is 0 Å². The molecule has 1 fully saturated rings. The van der Waals surface area contributed by atoms with Gasteiger partial charge >= 0.3 is 0 Å². The third-order valence-electron chi connectivity index (χ3n) is 3.43. The summed E-state index contributed by atoms with van der Waals surface area (Å²) in [5.41, 5.74) is 2.59. The molecule has 106 valence electrons. The third-order valence-corrected chi connectivity index (χ3v) is 4.60.